The number of aliphatic imine (C=N–C) groups is 1. The molecule has 1 rings (SSSR count). The normalized spacial score (nSPS) is 12.9. The maximum atomic E-state index is 12.6. The second kappa shape index (κ2) is 9.86. The molecule has 0 aliphatic heterocycles. The minimum atomic E-state index is -2.89. The highest BCUT2D eigenvalue weighted by molar-refractivity contribution is 5.80. The molecule has 0 bridgehead atoms. The Hall–Kier alpha value is -2.05. The third-order valence-corrected chi connectivity index (χ3v) is 3.24. The molecule has 0 fully saturated rings. The molecular formula is C16H25F2N3O2. The number of nitrogens with zero attached hydrogens (tertiary/aromatic N) is 1. The van der Waals surface area contributed by atoms with Crippen molar-refractivity contribution in [2.75, 3.05) is 13.7 Å². The summed E-state index contributed by atoms with van der Waals surface area (Å²) in [4.78, 5) is 4.42. The van der Waals surface area contributed by atoms with Gasteiger partial charge in [0.1, 0.15) is 11.5 Å². The third-order valence-electron chi connectivity index (χ3n) is 3.24. The average molecular weight is 329 g/mol. The fourth-order valence-corrected chi connectivity index (χ4v) is 1.82. The highest BCUT2D eigenvalue weighted by Gasteiger charge is 2.11. The molecule has 1 aromatic rings. The first-order chi connectivity index (χ1) is 11.0. The van der Waals surface area contributed by atoms with E-state index in [-0.39, 0.29) is 18.3 Å². The van der Waals surface area contributed by atoms with E-state index in [1.807, 2.05) is 13.8 Å². The summed E-state index contributed by atoms with van der Waals surface area (Å²) in [5.41, 5.74) is 0.562. The summed E-state index contributed by atoms with van der Waals surface area (Å²) in [5.74, 6) is 1.17. The van der Waals surface area contributed by atoms with Gasteiger partial charge in [-0.2, -0.15) is 8.78 Å². The number of alkyl halides is 2. The van der Waals surface area contributed by atoms with Crippen LogP contribution in [0, 0.1) is 0 Å². The van der Waals surface area contributed by atoms with Gasteiger partial charge in [-0.25, -0.2) is 4.99 Å². The van der Waals surface area contributed by atoms with Crippen molar-refractivity contribution in [3.63, 3.8) is 0 Å². The predicted molar refractivity (Wildman–Crippen MR) is 87.3 cm³/mol. The van der Waals surface area contributed by atoms with E-state index in [2.05, 4.69) is 27.3 Å². The van der Waals surface area contributed by atoms with E-state index in [9.17, 15) is 8.78 Å². The maximum absolute atomic E-state index is 12.6. The van der Waals surface area contributed by atoms with E-state index in [0.29, 0.717) is 23.8 Å². The minimum Gasteiger partial charge on any atom is -0.497 e. The van der Waals surface area contributed by atoms with Crippen LogP contribution in [0.15, 0.2) is 23.2 Å². The summed E-state index contributed by atoms with van der Waals surface area (Å²) < 4.78 is 34.7. The number of halogens is 2. The lowest BCUT2D eigenvalue weighted by Gasteiger charge is -2.16. The van der Waals surface area contributed by atoms with Crippen molar-refractivity contribution in [3.8, 4) is 11.5 Å². The molecule has 0 spiro atoms. The van der Waals surface area contributed by atoms with Gasteiger partial charge in [0.15, 0.2) is 5.96 Å². The van der Waals surface area contributed by atoms with Crippen LogP contribution in [0.5, 0.6) is 11.5 Å². The zero-order chi connectivity index (χ0) is 17.2. The first-order valence-electron chi connectivity index (χ1n) is 7.66. The number of rotatable bonds is 8. The van der Waals surface area contributed by atoms with E-state index in [0.717, 1.165) is 6.42 Å². The summed E-state index contributed by atoms with van der Waals surface area (Å²) in [6.45, 7) is 4.12. The number of nitrogens with one attached hydrogen (secondary N) is 2. The Morgan fingerprint density at radius 2 is 2.04 bits per heavy atom. The molecule has 0 aromatic heterocycles. The van der Waals surface area contributed by atoms with Crippen LogP contribution in [0.3, 0.4) is 0 Å². The molecule has 0 amide bonds. The van der Waals surface area contributed by atoms with Crippen LogP contribution in [0.2, 0.25) is 0 Å². The highest BCUT2D eigenvalue weighted by Crippen LogP contribution is 2.27. The van der Waals surface area contributed by atoms with Crippen LogP contribution in [-0.4, -0.2) is 32.3 Å². The zero-order valence-electron chi connectivity index (χ0n) is 14.0. The van der Waals surface area contributed by atoms with E-state index in [4.69, 9.17) is 4.74 Å². The summed E-state index contributed by atoms with van der Waals surface area (Å²) in [7, 11) is 1.47. The van der Waals surface area contributed by atoms with Gasteiger partial charge in [0.2, 0.25) is 0 Å². The number of hydrogen-bond donors (Lipinski definition) is 2. The van der Waals surface area contributed by atoms with Gasteiger partial charge in [0, 0.05) is 24.2 Å². The Labute approximate surface area is 136 Å². The van der Waals surface area contributed by atoms with Gasteiger partial charge >= 0.3 is 6.61 Å². The quantitative estimate of drug-likeness (QED) is 0.568. The molecule has 7 heteroatoms. The van der Waals surface area contributed by atoms with Crippen LogP contribution in [0.25, 0.3) is 0 Å². The summed E-state index contributed by atoms with van der Waals surface area (Å²) in [5, 5.41) is 6.37. The van der Waals surface area contributed by atoms with Crippen LogP contribution in [0.1, 0.15) is 32.8 Å². The Bertz CT molecular complexity index is 510. The van der Waals surface area contributed by atoms with Crippen LogP contribution >= 0.6 is 0 Å². The van der Waals surface area contributed by atoms with Crippen LogP contribution in [-0.2, 0) is 6.54 Å². The third kappa shape index (κ3) is 6.71. The average Bonchev–Trinajstić information content (AvgIpc) is 2.52. The molecule has 1 aromatic carbocycles. The minimum absolute atomic E-state index is 0.0717. The number of benzene rings is 1. The SMILES string of the molecule is CCNC(=NCc1ccc(OC)cc1OC(F)F)NC(C)CC. The van der Waals surface area contributed by atoms with E-state index in [1.165, 1.54) is 13.2 Å². The van der Waals surface area contributed by atoms with Crippen LogP contribution in [0.4, 0.5) is 8.78 Å². The van der Waals surface area contributed by atoms with E-state index < -0.39 is 6.61 Å². The van der Waals surface area contributed by atoms with Gasteiger partial charge in [0.25, 0.3) is 0 Å². The molecule has 1 atom stereocenters. The van der Waals surface area contributed by atoms with Crippen molar-refractivity contribution >= 4 is 5.96 Å². The standard InChI is InChI=1S/C16H25F2N3O2/c1-5-11(3)21-16(19-6-2)20-10-12-7-8-13(22-4)9-14(12)23-15(17)18/h7-9,11,15H,5-6,10H2,1-4H3,(H2,19,20,21). The second-order valence-electron chi connectivity index (χ2n) is 5.00. The lowest BCUT2D eigenvalue weighted by Crippen LogP contribution is -2.41. The van der Waals surface area contributed by atoms with Crippen molar-refractivity contribution in [1.29, 1.82) is 0 Å². The summed E-state index contributed by atoms with van der Waals surface area (Å²) in [6, 6.07) is 5.07. The second-order valence-corrected chi connectivity index (χ2v) is 5.00. The van der Waals surface area contributed by atoms with Crippen molar-refractivity contribution < 1.29 is 18.3 Å². The van der Waals surface area contributed by atoms with E-state index >= 15 is 0 Å². The predicted octanol–water partition coefficient (Wildman–Crippen LogP) is 3.15. The molecule has 0 aliphatic rings. The van der Waals surface area contributed by atoms with Crippen molar-refractivity contribution in [1.82, 2.24) is 10.6 Å². The number of ether oxygens (including phenoxy) is 2. The van der Waals surface area contributed by atoms with Gasteiger partial charge < -0.3 is 20.1 Å². The molecule has 1 unspecified atom stereocenters. The topological polar surface area (TPSA) is 54.9 Å². The molecule has 0 saturated carbocycles. The molecule has 0 aliphatic carbocycles. The van der Waals surface area contributed by atoms with Crippen molar-refractivity contribution in [3.05, 3.63) is 23.8 Å². The monoisotopic (exact) mass is 329 g/mol. The first kappa shape index (κ1) is 19.0. The largest absolute Gasteiger partial charge is 0.497 e. The summed E-state index contributed by atoms with van der Waals surface area (Å²) in [6.07, 6.45) is 0.951. The molecule has 0 heterocycles. The van der Waals surface area contributed by atoms with E-state index in [1.54, 1.807) is 12.1 Å². The molecule has 5 nitrogen and oxygen atoms in total. The van der Waals surface area contributed by atoms with Crippen molar-refractivity contribution in [2.45, 2.75) is 46.4 Å². The first-order valence-corrected chi connectivity index (χ1v) is 7.66. The number of hydrogen-bond acceptors (Lipinski definition) is 3. The maximum Gasteiger partial charge on any atom is 0.387 e. The van der Waals surface area contributed by atoms with Gasteiger partial charge in [-0.3, -0.25) is 0 Å². The lowest BCUT2D eigenvalue weighted by molar-refractivity contribution is -0.0505. The molecule has 0 saturated heterocycles. The Morgan fingerprint density at radius 3 is 2.61 bits per heavy atom. The van der Waals surface area contributed by atoms with Crippen LogP contribution < -0.4 is 20.1 Å². The number of guanidine groups is 1. The number of methoxy groups -OCH3 is 1. The van der Waals surface area contributed by atoms with Gasteiger partial charge in [-0.1, -0.05) is 6.92 Å². The van der Waals surface area contributed by atoms with Gasteiger partial charge in [-0.05, 0) is 32.4 Å². The zero-order valence-corrected chi connectivity index (χ0v) is 14.0. The summed E-state index contributed by atoms with van der Waals surface area (Å²) >= 11 is 0. The smallest absolute Gasteiger partial charge is 0.387 e. The van der Waals surface area contributed by atoms with Crippen molar-refractivity contribution in [2.24, 2.45) is 4.99 Å². The molecule has 0 radical (unpaired) electrons. The lowest BCUT2D eigenvalue weighted by atomic mass is 10.2. The Kier molecular flexibility index (Phi) is 8.15. The Morgan fingerprint density at radius 1 is 1.30 bits per heavy atom. The fraction of sp³-hybridized carbons (Fsp3) is 0.562. The Balaban J connectivity index is 2.93. The fourth-order valence-electron chi connectivity index (χ4n) is 1.82. The molecule has 23 heavy (non-hydrogen) atoms. The molecule has 130 valence electrons. The van der Waals surface area contributed by atoms with Gasteiger partial charge in [-0.15, -0.1) is 0 Å². The molecular weight excluding hydrogens is 304 g/mol. The highest BCUT2D eigenvalue weighted by atomic mass is 19.3. The molecule has 2 N–H and O–H groups in total. The van der Waals surface area contributed by atoms with Gasteiger partial charge in [0.05, 0.1) is 13.7 Å².